The predicted molar refractivity (Wildman–Crippen MR) is 107 cm³/mol. The van der Waals surface area contributed by atoms with Gasteiger partial charge in [0.25, 0.3) is 0 Å². The molecule has 2 fully saturated rings. The molecule has 4 heterocycles. The molecule has 6 heteroatoms. The van der Waals surface area contributed by atoms with Gasteiger partial charge in [0.1, 0.15) is 5.82 Å². The van der Waals surface area contributed by atoms with Crippen LogP contribution in [0.15, 0.2) is 30.5 Å². The molecule has 0 bridgehead atoms. The maximum absolute atomic E-state index is 5.02. The molecule has 140 valence electrons. The number of anilines is 1. The van der Waals surface area contributed by atoms with E-state index < -0.39 is 0 Å². The summed E-state index contributed by atoms with van der Waals surface area (Å²) in [5.74, 6) is 1.81. The lowest BCUT2D eigenvalue weighted by atomic mass is 10.1. The van der Waals surface area contributed by atoms with Crippen molar-refractivity contribution in [3.8, 4) is 11.3 Å². The molecule has 0 amide bonds. The van der Waals surface area contributed by atoms with Crippen molar-refractivity contribution in [2.24, 2.45) is 5.92 Å². The van der Waals surface area contributed by atoms with Crippen molar-refractivity contribution in [2.75, 3.05) is 24.5 Å². The van der Waals surface area contributed by atoms with Crippen LogP contribution in [0.2, 0.25) is 0 Å². The van der Waals surface area contributed by atoms with Crippen LogP contribution in [0.25, 0.3) is 16.9 Å². The van der Waals surface area contributed by atoms with E-state index in [0.717, 1.165) is 60.4 Å². The number of imidazole rings is 1. The smallest absolute Gasteiger partial charge is 0.154 e. The molecule has 2 aliphatic rings. The van der Waals surface area contributed by atoms with Crippen molar-refractivity contribution in [1.82, 2.24) is 24.9 Å². The zero-order chi connectivity index (χ0) is 18.4. The summed E-state index contributed by atoms with van der Waals surface area (Å²) in [6, 6.07) is 8.92. The molecule has 0 spiro atoms. The van der Waals surface area contributed by atoms with E-state index in [1.807, 2.05) is 13.1 Å². The Morgan fingerprint density at radius 1 is 1.22 bits per heavy atom. The molecule has 5 rings (SSSR count). The topological polar surface area (TPSA) is 58.4 Å². The third kappa shape index (κ3) is 3.30. The highest BCUT2D eigenvalue weighted by atomic mass is 15.3. The van der Waals surface area contributed by atoms with E-state index in [0.29, 0.717) is 6.04 Å². The molecule has 1 unspecified atom stereocenters. The second kappa shape index (κ2) is 6.60. The van der Waals surface area contributed by atoms with Gasteiger partial charge in [0.15, 0.2) is 5.65 Å². The Morgan fingerprint density at radius 2 is 2.11 bits per heavy atom. The number of hydrogen-bond acceptors (Lipinski definition) is 5. The van der Waals surface area contributed by atoms with E-state index in [9.17, 15) is 0 Å². The van der Waals surface area contributed by atoms with Crippen LogP contribution >= 0.6 is 0 Å². The van der Waals surface area contributed by atoms with E-state index in [-0.39, 0.29) is 0 Å². The SMILES string of the molecule is Cc1cc(-c2c(CC3CC3)nc3ccc(N4CCNC(C)C4)nn23)ccn1. The highest BCUT2D eigenvalue weighted by molar-refractivity contribution is 5.67. The predicted octanol–water partition coefficient (Wildman–Crippen LogP) is 2.85. The Hall–Kier alpha value is -2.47. The van der Waals surface area contributed by atoms with Crippen molar-refractivity contribution < 1.29 is 0 Å². The van der Waals surface area contributed by atoms with E-state index >= 15 is 0 Å². The number of fused-ring (bicyclic) bond motifs is 1. The van der Waals surface area contributed by atoms with Gasteiger partial charge < -0.3 is 10.2 Å². The Bertz CT molecular complexity index is 974. The quantitative estimate of drug-likeness (QED) is 0.773. The summed E-state index contributed by atoms with van der Waals surface area (Å²) in [6.07, 6.45) is 5.56. The lowest BCUT2D eigenvalue weighted by molar-refractivity contribution is 0.481. The van der Waals surface area contributed by atoms with Gasteiger partial charge >= 0.3 is 0 Å². The van der Waals surface area contributed by atoms with Crippen LogP contribution in [0.5, 0.6) is 0 Å². The first kappa shape index (κ1) is 16.7. The fourth-order valence-electron chi connectivity index (χ4n) is 4.00. The third-order valence-corrected chi connectivity index (χ3v) is 5.58. The Balaban J connectivity index is 1.63. The van der Waals surface area contributed by atoms with Crippen LogP contribution in [-0.2, 0) is 6.42 Å². The van der Waals surface area contributed by atoms with E-state index in [2.05, 4.69) is 50.9 Å². The summed E-state index contributed by atoms with van der Waals surface area (Å²) in [7, 11) is 0. The van der Waals surface area contributed by atoms with Crippen molar-refractivity contribution in [1.29, 1.82) is 0 Å². The second-order valence-electron chi connectivity index (χ2n) is 8.00. The molecule has 27 heavy (non-hydrogen) atoms. The van der Waals surface area contributed by atoms with Crippen LogP contribution in [0, 0.1) is 12.8 Å². The summed E-state index contributed by atoms with van der Waals surface area (Å²) in [4.78, 5) is 11.7. The van der Waals surface area contributed by atoms with Crippen molar-refractivity contribution in [3.63, 3.8) is 0 Å². The summed E-state index contributed by atoms with van der Waals surface area (Å²) >= 11 is 0. The number of hydrogen-bond donors (Lipinski definition) is 1. The van der Waals surface area contributed by atoms with Crippen LogP contribution in [0.4, 0.5) is 5.82 Å². The molecule has 3 aromatic rings. The molecule has 1 aliphatic carbocycles. The molecule has 0 aromatic carbocycles. The lowest BCUT2D eigenvalue weighted by Crippen LogP contribution is -2.49. The average molecular weight is 362 g/mol. The highest BCUT2D eigenvalue weighted by Crippen LogP contribution is 2.36. The molecule has 0 radical (unpaired) electrons. The monoisotopic (exact) mass is 362 g/mol. The minimum absolute atomic E-state index is 0.478. The van der Waals surface area contributed by atoms with Crippen molar-refractivity contribution >= 4 is 11.5 Å². The molecule has 1 saturated heterocycles. The summed E-state index contributed by atoms with van der Waals surface area (Å²) in [5.41, 5.74) is 5.41. The number of aryl methyl sites for hydroxylation is 1. The second-order valence-corrected chi connectivity index (χ2v) is 8.00. The molecule has 1 aliphatic heterocycles. The number of aromatic nitrogens is 4. The minimum Gasteiger partial charge on any atom is -0.352 e. The molecule has 1 N–H and O–H groups in total. The highest BCUT2D eigenvalue weighted by Gasteiger charge is 2.26. The summed E-state index contributed by atoms with van der Waals surface area (Å²) in [6.45, 7) is 7.21. The van der Waals surface area contributed by atoms with Gasteiger partial charge in [-0.2, -0.15) is 0 Å². The zero-order valence-corrected chi connectivity index (χ0v) is 16.0. The Kier molecular flexibility index (Phi) is 4.08. The standard InChI is InChI=1S/C21H26N6/c1-14-11-17(7-8-22-14)21-18(12-16-3-4-16)24-19-5-6-20(25-27(19)21)26-10-9-23-15(2)13-26/h5-8,11,15-16,23H,3-4,9-10,12-13H2,1-2H3. The van der Waals surface area contributed by atoms with Crippen LogP contribution < -0.4 is 10.2 Å². The normalized spacial score (nSPS) is 20.4. The maximum atomic E-state index is 5.02. The first-order valence-electron chi connectivity index (χ1n) is 9.97. The molecule has 1 saturated carbocycles. The first-order valence-corrected chi connectivity index (χ1v) is 9.97. The van der Waals surface area contributed by atoms with Crippen LogP contribution in [0.1, 0.15) is 31.2 Å². The fourth-order valence-corrected chi connectivity index (χ4v) is 4.00. The molecular formula is C21H26N6. The van der Waals surface area contributed by atoms with E-state index in [4.69, 9.17) is 10.1 Å². The van der Waals surface area contributed by atoms with Gasteiger partial charge in [0, 0.05) is 43.1 Å². The average Bonchev–Trinajstić information content (AvgIpc) is 3.40. The number of rotatable bonds is 4. The third-order valence-electron chi connectivity index (χ3n) is 5.58. The lowest BCUT2D eigenvalue weighted by Gasteiger charge is -2.32. The number of nitrogens with one attached hydrogen (secondary N) is 1. The van der Waals surface area contributed by atoms with Gasteiger partial charge in [0.05, 0.1) is 11.4 Å². The number of pyridine rings is 1. The molecule has 3 aromatic heterocycles. The van der Waals surface area contributed by atoms with Crippen LogP contribution in [0.3, 0.4) is 0 Å². The largest absolute Gasteiger partial charge is 0.352 e. The zero-order valence-electron chi connectivity index (χ0n) is 16.0. The Labute approximate surface area is 159 Å². The molecule has 1 atom stereocenters. The van der Waals surface area contributed by atoms with Gasteiger partial charge in [-0.15, -0.1) is 5.10 Å². The van der Waals surface area contributed by atoms with E-state index in [1.165, 1.54) is 18.5 Å². The summed E-state index contributed by atoms with van der Waals surface area (Å²) < 4.78 is 2.05. The van der Waals surface area contributed by atoms with Gasteiger partial charge in [-0.25, -0.2) is 9.50 Å². The molecule has 6 nitrogen and oxygen atoms in total. The molecular weight excluding hydrogens is 336 g/mol. The van der Waals surface area contributed by atoms with Crippen molar-refractivity contribution in [2.45, 2.75) is 39.2 Å². The maximum Gasteiger partial charge on any atom is 0.154 e. The van der Waals surface area contributed by atoms with Crippen molar-refractivity contribution in [3.05, 3.63) is 41.9 Å². The van der Waals surface area contributed by atoms with Crippen LogP contribution in [-0.4, -0.2) is 45.3 Å². The summed E-state index contributed by atoms with van der Waals surface area (Å²) in [5, 5.41) is 8.52. The van der Waals surface area contributed by atoms with Gasteiger partial charge in [0.2, 0.25) is 0 Å². The van der Waals surface area contributed by atoms with Gasteiger partial charge in [-0.1, -0.05) is 0 Å². The van der Waals surface area contributed by atoms with Gasteiger partial charge in [-0.3, -0.25) is 4.98 Å². The number of piperazine rings is 1. The Morgan fingerprint density at radius 3 is 2.89 bits per heavy atom. The fraction of sp³-hybridized carbons (Fsp3) is 0.476. The number of nitrogens with zero attached hydrogens (tertiary/aromatic N) is 5. The first-order chi connectivity index (χ1) is 13.2. The minimum atomic E-state index is 0.478. The van der Waals surface area contributed by atoms with E-state index in [1.54, 1.807) is 0 Å². The van der Waals surface area contributed by atoms with Gasteiger partial charge in [-0.05, 0) is 63.3 Å².